The van der Waals surface area contributed by atoms with Gasteiger partial charge in [0, 0.05) is 25.9 Å². The molecular formula is C20H26N2O5. The molecule has 7 nitrogen and oxygen atoms in total. The maximum Gasteiger partial charge on any atom is 0.308 e. The van der Waals surface area contributed by atoms with Gasteiger partial charge in [-0.25, -0.2) is 0 Å². The minimum atomic E-state index is -0.720. The maximum atomic E-state index is 12.7. The maximum absolute atomic E-state index is 12.7. The van der Waals surface area contributed by atoms with Gasteiger partial charge in [0.2, 0.25) is 0 Å². The van der Waals surface area contributed by atoms with Gasteiger partial charge in [0.25, 0.3) is 5.91 Å². The van der Waals surface area contributed by atoms with Crippen LogP contribution in [0.15, 0.2) is 35.6 Å². The zero-order valence-corrected chi connectivity index (χ0v) is 16.4. The molecule has 2 rings (SSSR count). The number of aliphatic hydroxyl groups excluding tert-OH is 1. The zero-order chi connectivity index (χ0) is 20.3. The number of hydrogen-bond donors (Lipinski definition) is 1. The van der Waals surface area contributed by atoms with E-state index in [-0.39, 0.29) is 17.3 Å². The Bertz CT molecular complexity index is 782. The van der Waals surface area contributed by atoms with Crippen molar-refractivity contribution in [2.75, 3.05) is 27.2 Å². The molecule has 7 heteroatoms. The van der Waals surface area contributed by atoms with Gasteiger partial charge in [0.15, 0.2) is 11.5 Å². The molecule has 0 fully saturated rings. The summed E-state index contributed by atoms with van der Waals surface area (Å²) in [5.41, 5.74) is 0.697. The third kappa shape index (κ3) is 4.54. The number of amides is 1. The van der Waals surface area contributed by atoms with E-state index < -0.39 is 23.7 Å². The quantitative estimate of drug-likeness (QED) is 0.581. The standard InChI is InChI=1S/C20H26N2O5/c1-12(2)18(24)16-17(14-7-6-8-15(11-14)27-13(3)23)22(10-9-21(4)5)20(26)19(16)25/h6-8,11-12,17,25H,9-10H2,1-5H3. The summed E-state index contributed by atoms with van der Waals surface area (Å²) in [7, 11) is 3.76. The highest BCUT2D eigenvalue weighted by Crippen LogP contribution is 2.39. The van der Waals surface area contributed by atoms with E-state index in [0.29, 0.717) is 24.4 Å². The molecule has 1 unspecified atom stereocenters. The van der Waals surface area contributed by atoms with Crippen LogP contribution in [-0.4, -0.2) is 59.8 Å². The first-order chi connectivity index (χ1) is 12.6. The molecule has 1 atom stereocenters. The molecule has 0 aliphatic carbocycles. The first-order valence-electron chi connectivity index (χ1n) is 8.85. The van der Waals surface area contributed by atoms with Gasteiger partial charge < -0.3 is 19.6 Å². The van der Waals surface area contributed by atoms with Gasteiger partial charge in [-0.15, -0.1) is 0 Å². The predicted molar refractivity (Wildman–Crippen MR) is 100 cm³/mol. The fourth-order valence-electron chi connectivity index (χ4n) is 3.02. The molecule has 146 valence electrons. The van der Waals surface area contributed by atoms with Gasteiger partial charge in [-0.2, -0.15) is 0 Å². The Kier molecular flexibility index (Phi) is 6.38. The number of rotatable bonds is 7. The number of hydrogen-bond acceptors (Lipinski definition) is 6. The zero-order valence-electron chi connectivity index (χ0n) is 16.4. The molecule has 1 aromatic carbocycles. The molecule has 0 bridgehead atoms. The molecule has 1 heterocycles. The van der Waals surface area contributed by atoms with Gasteiger partial charge in [-0.1, -0.05) is 26.0 Å². The summed E-state index contributed by atoms with van der Waals surface area (Å²) in [5.74, 6) is -1.86. The molecular weight excluding hydrogens is 348 g/mol. The van der Waals surface area contributed by atoms with E-state index in [4.69, 9.17) is 4.74 Å². The first-order valence-corrected chi connectivity index (χ1v) is 8.85. The molecule has 1 N–H and O–H groups in total. The Morgan fingerprint density at radius 1 is 1.30 bits per heavy atom. The van der Waals surface area contributed by atoms with Crippen LogP contribution in [-0.2, 0) is 14.4 Å². The van der Waals surface area contributed by atoms with E-state index in [0.717, 1.165) is 0 Å². The highest BCUT2D eigenvalue weighted by atomic mass is 16.5. The smallest absolute Gasteiger partial charge is 0.308 e. The fraction of sp³-hybridized carbons (Fsp3) is 0.450. The third-order valence-corrected chi connectivity index (χ3v) is 4.32. The topological polar surface area (TPSA) is 87.2 Å². The number of ketones is 1. The molecule has 1 aliphatic heterocycles. The van der Waals surface area contributed by atoms with Gasteiger partial charge in [0.05, 0.1) is 11.6 Å². The molecule has 27 heavy (non-hydrogen) atoms. The van der Waals surface area contributed by atoms with Crippen LogP contribution in [0.3, 0.4) is 0 Å². The van der Waals surface area contributed by atoms with Crippen molar-refractivity contribution in [3.8, 4) is 5.75 Å². The Hall–Kier alpha value is -2.67. The normalized spacial score (nSPS) is 17.2. The number of carbonyl (C=O) groups is 3. The van der Waals surface area contributed by atoms with Crippen molar-refractivity contribution in [2.24, 2.45) is 5.92 Å². The number of ether oxygens (including phenoxy) is 1. The van der Waals surface area contributed by atoms with E-state index in [2.05, 4.69) is 0 Å². The summed E-state index contributed by atoms with van der Waals surface area (Å²) >= 11 is 0. The van der Waals surface area contributed by atoms with Crippen molar-refractivity contribution in [1.29, 1.82) is 0 Å². The monoisotopic (exact) mass is 374 g/mol. The molecule has 1 aromatic rings. The van der Waals surface area contributed by atoms with Crippen molar-refractivity contribution in [1.82, 2.24) is 9.80 Å². The van der Waals surface area contributed by atoms with E-state index in [9.17, 15) is 19.5 Å². The highest BCUT2D eigenvalue weighted by molar-refractivity contribution is 6.09. The average molecular weight is 374 g/mol. The van der Waals surface area contributed by atoms with Crippen molar-refractivity contribution in [3.63, 3.8) is 0 Å². The van der Waals surface area contributed by atoms with Crippen LogP contribution in [0.25, 0.3) is 0 Å². The van der Waals surface area contributed by atoms with E-state index in [1.165, 1.54) is 11.8 Å². The van der Waals surface area contributed by atoms with E-state index in [1.54, 1.807) is 38.1 Å². The molecule has 0 saturated heterocycles. The largest absolute Gasteiger partial charge is 0.503 e. The Morgan fingerprint density at radius 2 is 1.96 bits per heavy atom. The molecule has 1 amide bonds. The number of carbonyl (C=O) groups excluding carboxylic acids is 3. The Morgan fingerprint density at radius 3 is 2.52 bits per heavy atom. The van der Waals surface area contributed by atoms with Crippen LogP contribution < -0.4 is 4.74 Å². The number of likely N-dealkylation sites (N-methyl/N-ethyl adjacent to an activating group) is 1. The Balaban J connectivity index is 2.51. The minimum absolute atomic E-state index is 0.0914. The predicted octanol–water partition coefficient (Wildman–Crippen LogP) is 2.09. The lowest BCUT2D eigenvalue weighted by Gasteiger charge is -2.28. The van der Waals surface area contributed by atoms with Gasteiger partial charge in [-0.05, 0) is 31.8 Å². The Labute approximate surface area is 159 Å². The van der Waals surface area contributed by atoms with E-state index in [1.807, 2.05) is 19.0 Å². The third-order valence-electron chi connectivity index (χ3n) is 4.32. The van der Waals surface area contributed by atoms with E-state index >= 15 is 0 Å². The lowest BCUT2D eigenvalue weighted by atomic mass is 9.91. The van der Waals surface area contributed by atoms with Crippen molar-refractivity contribution < 1.29 is 24.2 Å². The van der Waals surface area contributed by atoms with Crippen LogP contribution in [0.1, 0.15) is 32.4 Å². The van der Waals surface area contributed by atoms with Gasteiger partial charge in [0.1, 0.15) is 5.75 Å². The van der Waals surface area contributed by atoms with Crippen LogP contribution in [0.4, 0.5) is 0 Å². The van der Waals surface area contributed by atoms with Crippen LogP contribution in [0, 0.1) is 5.92 Å². The van der Waals surface area contributed by atoms with Crippen molar-refractivity contribution in [3.05, 3.63) is 41.2 Å². The summed E-state index contributed by atoms with van der Waals surface area (Å²) in [6.45, 7) is 5.66. The fourth-order valence-corrected chi connectivity index (χ4v) is 3.02. The molecule has 0 radical (unpaired) electrons. The summed E-state index contributed by atoms with van der Waals surface area (Å²) in [5, 5.41) is 10.4. The lowest BCUT2D eigenvalue weighted by molar-refractivity contribution is -0.132. The number of aliphatic hydroxyl groups is 1. The average Bonchev–Trinajstić information content (AvgIpc) is 2.83. The second-order valence-electron chi connectivity index (χ2n) is 7.15. The summed E-state index contributed by atoms with van der Waals surface area (Å²) in [6.07, 6.45) is 0. The number of esters is 1. The first kappa shape index (κ1) is 20.6. The molecule has 1 aliphatic rings. The minimum Gasteiger partial charge on any atom is -0.503 e. The highest BCUT2D eigenvalue weighted by Gasteiger charge is 2.43. The number of nitrogens with zero attached hydrogens (tertiary/aromatic N) is 2. The summed E-state index contributed by atoms with van der Waals surface area (Å²) in [4.78, 5) is 40.1. The van der Waals surface area contributed by atoms with Crippen LogP contribution >= 0.6 is 0 Å². The number of Topliss-reactive ketones (excluding diaryl/α,β-unsaturated/α-hetero) is 1. The van der Waals surface area contributed by atoms with Gasteiger partial charge in [-0.3, -0.25) is 14.4 Å². The SMILES string of the molecule is CC(=O)Oc1cccc(C2C(C(=O)C(C)C)=C(O)C(=O)N2CCN(C)C)c1. The number of benzene rings is 1. The molecule has 0 saturated carbocycles. The van der Waals surface area contributed by atoms with Crippen LogP contribution in [0.5, 0.6) is 5.75 Å². The summed E-state index contributed by atoms with van der Waals surface area (Å²) in [6, 6.07) is 5.96. The second-order valence-corrected chi connectivity index (χ2v) is 7.15. The second kappa shape index (κ2) is 8.35. The van der Waals surface area contributed by atoms with Crippen molar-refractivity contribution >= 4 is 17.7 Å². The molecule has 0 aromatic heterocycles. The molecule has 0 spiro atoms. The van der Waals surface area contributed by atoms with Crippen LogP contribution in [0.2, 0.25) is 0 Å². The lowest BCUT2D eigenvalue weighted by Crippen LogP contribution is -2.36. The van der Waals surface area contributed by atoms with Gasteiger partial charge >= 0.3 is 5.97 Å². The van der Waals surface area contributed by atoms with Crippen molar-refractivity contribution in [2.45, 2.75) is 26.8 Å². The summed E-state index contributed by atoms with van der Waals surface area (Å²) < 4.78 is 5.13.